The second-order valence-corrected chi connectivity index (χ2v) is 6.08. The molecule has 0 aliphatic carbocycles. The van der Waals surface area contributed by atoms with Crippen molar-refractivity contribution in [2.24, 2.45) is 5.73 Å². The Bertz CT molecular complexity index is 946. The summed E-state index contributed by atoms with van der Waals surface area (Å²) >= 11 is 0. The molecule has 1 atom stereocenters. The van der Waals surface area contributed by atoms with Gasteiger partial charge in [0.25, 0.3) is 5.91 Å². The minimum Gasteiger partial charge on any atom is -0.368 e. The number of benzene rings is 2. The van der Waals surface area contributed by atoms with Crippen LogP contribution in [0.5, 0.6) is 0 Å². The number of aryl methyl sites for hydroxylation is 1. The Hall–Kier alpha value is -3.15. The number of aromatic nitrogens is 2. The average Bonchev–Trinajstić information content (AvgIpc) is 2.93. The zero-order chi connectivity index (χ0) is 18.0. The number of nitrogens with zero attached hydrogens (tertiary/aromatic N) is 2. The number of nitrogens with two attached hydrogens (primary N) is 1. The molecule has 128 valence electrons. The Balaban J connectivity index is 1.92. The molecule has 0 radical (unpaired) electrons. The first-order valence-electron chi connectivity index (χ1n) is 8.06. The normalized spacial score (nSPS) is 12.1. The van der Waals surface area contributed by atoms with Crippen molar-refractivity contribution in [1.82, 2.24) is 14.9 Å². The molecule has 3 aromatic rings. The monoisotopic (exact) mass is 336 g/mol. The second-order valence-electron chi connectivity index (χ2n) is 6.08. The lowest BCUT2D eigenvalue weighted by atomic mass is 10.1. The highest BCUT2D eigenvalue weighted by Gasteiger charge is 2.19. The standard InChI is InChI=1S/C19H20N4O2/c1-12-6-5-7-14(10-12)19(25)21-13(2)18-22-15-8-3-4-9-16(15)23(18)11-17(20)24/h3-10,13H,11H2,1-2H3,(H2,20,24)(H,21,25). The minimum absolute atomic E-state index is 0.0144. The lowest BCUT2D eigenvalue weighted by Gasteiger charge is -2.15. The molecular weight excluding hydrogens is 316 g/mol. The van der Waals surface area contributed by atoms with Crippen molar-refractivity contribution in [3.05, 3.63) is 65.5 Å². The summed E-state index contributed by atoms with van der Waals surface area (Å²) in [7, 11) is 0. The van der Waals surface area contributed by atoms with Crippen LogP contribution in [-0.4, -0.2) is 21.4 Å². The predicted molar refractivity (Wildman–Crippen MR) is 96.0 cm³/mol. The first-order valence-corrected chi connectivity index (χ1v) is 8.06. The van der Waals surface area contributed by atoms with Gasteiger partial charge in [0.15, 0.2) is 0 Å². The maximum Gasteiger partial charge on any atom is 0.251 e. The molecule has 3 rings (SSSR count). The van der Waals surface area contributed by atoms with E-state index in [9.17, 15) is 9.59 Å². The largest absolute Gasteiger partial charge is 0.368 e. The number of rotatable bonds is 5. The van der Waals surface area contributed by atoms with Gasteiger partial charge in [-0.25, -0.2) is 4.98 Å². The Kier molecular flexibility index (Phi) is 4.52. The number of hydrogen-bond donors (Lipinski definition) is 2. The molecule has 1 aromatic heterocycles. The van der Waals surface area contributed by atoms with Crippen LogP contribution in [0.15, 0.2) is 48.5 Å². The van der Waals surface area contributed by atoms with E-state index < -0.39 is 5.91 Å². The van der Waals surface area contributed by atoms with E-state index in [1.165, 1.54) is 0 Å². The number of para-hydroxylation sites is 2. The first-order chi connectivity index (χ1) is 12.0. The number of hydrogen-bond acceptors (Lipinski definition) is 3. The summed E-state index contributed by atoms with van der Waals surface area (Å²) in [4.78, 5) is 28.5. The van der Waals surface area contributed by atoms with Crippen molar-refractivity contribution in [1.29, 1.82) is 0 Å². The van der Waals surface area contributed by atoms with Crippen molar-refractivity contribution in [3.63, 3.8) is 0 Å². The topological polar surface area (TPSA) is 90.0 Å². The first kappa shape index (κ1) is 16.7. The van der Waals surface area contributed by atoms with Crippen molar-refractivity contribution in [3.8, 4) is 0 Å². The fraction of sp³-hybridized carbons (Fsp3) is 0.211. The summed E-state index contributed by atoms with van der Waals surface area (Å²) in [6.45, 7) is 3.79. The van der Waals surface area contributed by atoms with Gasteiger partial charge in [-0.2, -0.15) is 0 Å². The molecule has 6 nitrogen and oxygen atoms in total. The summed E-state index contributed by atoms with van der Waals surface area (Å²) in [5.74, 6) is -0.0449. The molecule has 0 saturated carbocycles. The molecule has 0 aliphatic rings. The highest BCUT2D eigenvalue weighted by molar-refractivity contribution is 5.94. The van der Waals surface area contributed by atoms with E-state index in [0.29, 0.717) is 11.4 Å². The molecule has 0 saturated heterocycles. The van der Waals surface area contributed by atoms with Crippen LogP contribution in [0.2, 0.25) is 0 Å². The highest BCUT2D eigenvalue weighted by Crippen LogP contribution is 2.21. The van der Waals surface area contributed by atoms with Crippen LogP contribution in [0.25, 0.3) is 11.0 Å². The third-order valence-electron chi connectivity index (χ3n) is 4.01. The van der Waals surface area contributed by atoms with Crippen LogP contribution in [0.1, 0.15) is 34.7 Å². The third-order valence-corrected chi connectivity index (χ3v) is 4.01. The maximum absolute atomic E-state index is 12.5. The van der Waals surface area contributed by atoms with E-state index in [2.05, 4.69) is 10.3 Å². The Morgan fingerprint density at radius 2 is 1.96 bits per heavy atom. The molecule has 0 bridgehead atoms. The van der Waals surface area contributed by atoms with Crippen LogP contribution in [0.4, 0.5) is 0 Å². The Morgan fingerprint density at radius 1 is 1.20 bits per heavy atom. The fourth-order valence-electron chi connectivity index (χ4n) is 2.88. The number of primary amides is 1. The van der Waals surface area contributed by atoms with Gasteiger partial charge in [-0.3, -0.25) is 9.59 Å². The molecule has 0 spiro atoms. The quantitative estimate of drug-likeness (QED) is 0.749. The molecule has 0 fully saturated rings. The van der Waals surface area contributed by atoms with Crippen molar-refractivity contribution < 1.29 is 9.59 Å². The van der Waals surface area contributed by atoms with E-state index in [0.717, 1.165) is 16.6 Å². The van der Waals surface area contributed by atoms with E-state index >= 15 is 0 Å². The van der Waals surface area contributed by atoms with Crippen molar-refractivity contribution in [2.75, 3.05) is 0 Å². The number of amides is 2. The Labute approximate surface area is 145 Å². The second kappa shape index (κ2) is 6.76. The highest BCUT2D eigenvalue weighted by atomic mass is 16.2. The van der Waals surface area contributed by atoms with Gasteiger partial charge < -0.3 is 15.6 Å². The molecule has 2 aromatic carbocycles. The summed E-state index contributed by atoms with van der Waals surface area (Å²) in [6, 6.07) is 14.5. The van der Waals surface area contributed by atoms with Gasteiger partial charge in [0.2, 0.25) is 5.91 Å². The SMILES string of the molecule is Cc1cccc(C(=O)NC(C)c2nc3ccccc3n2CC(N)=O)c1. The van der Waals surface area contributed by atoms with E-state index in [-0.39, 0.29) is 18.5 Å². The minimum atomic E-state index is -0.457. The summed E-state index contributed by atoms with van der Waals surface area (Å²) in [5, 5.41) is 2.94. The van der Waals surface area contributed by atoms with E-state index in [1.807, 2.05) is 56.3 Å². The van der Waals surface area contributed by atoms with Gasteiger partial charge >= 0.3 is 0 Å². The molecule has 6 heteroatoms. The fourth-order valence-corrected chi connectivity index (χ4v) is 2.88. The smallest absolute Gasteiger partial charge is 0.251 e. The van der Waals surface area contributed by atoms with E-state index in [1.54, 1.807) is 10.6 Å². The van der Waals surface area contributed by atoms with Crippen LogP contribution < -0.4 is 11.1 Å². The number of nitrogens with one attached hydrogen (secondary N) is 1. The molecule has 0 aliphatic heterocycles. The van der Waals surface area contributed by atoms with E-state index in [4.69, 9.17) is 5.73 Å². The summed E-state index contributed by atoms with van der Waals surface area (Å²) in [5.41, 5.74) is 8.55. The van der Waals surface area contributed by atoms with Crippen LogP contribution in [0.3, 0.4) is 0 Å². The van der Waals surface area contributed by atoms with Gasteiger partial charge in [0.05, 0.1) is 17.1 Å². The van der Waals surface area contributed by atoms with Gasteiger partial charge in [0, 0.05) is 5.56 Å². The van der Waals surface area contributed by atoms with Crippen molar-refractivity contribution in [2.45, 2.75) is 26.4 Å². The molecule has 25 heavy (non-hydrogen) atoms. The zero-order valence-electron chi connectivity index (χ0n) is 14.2. The molecule has 3 N–H and O–H groups in total. The van der Waals surface area contributed by atoms with Crippen LogP contribution in [-0.2, 0) is 11.3 Å². The molecule has 2 amide bonds. The van der Waals surface area contributed by atoms with Crippen LogP contribution >= 0.6 is 0 Å². The predicted octanol–water partition coefficient (Wildman–Crippen LogP) is 2.32. The summed E-state index contributed by atoms with van der Waals surface area (Å²) < 4.78 is 1.75. The molecule has 1 unspecified atom stereocenters. The van der Waals surface area contributed by atoms with Gasteiger partial charge in [0.1, 0.15) is 12.4 Å². The molecule has 1 heterocycles. The lowest BCUT2D eigenvalue weighted by Crippen LogP contribution is -2.30. The molecular formula is C19H20N4O2. The van der Waals surface area contributed by atoms with Crippen molar-refractivity contribution >= 4 is 22.8 Å². The van der Waals surface area contributed by atoms with Gasteiger partial charge in [-0.1, -0.05) is 29.8 Å². The zero-order valence-corrected chi connectivity index (χ0v) is 14.2. The lowest BCUT2D eigenvalue weighted by molar-refractivity contribution is -0.118. The maximum atomic E-state index is 12.5. The summed E-state index contributed by atoms with van der Waals surface area (Å²) in [6.07, 6.45) is 0. The number of imidazole rings is 1. The Morgan fingerprint density at radius 3 is 2.68 bits per heavy atom. The number of carbonyl (C=O) groups is 2. The van der Waals surface area contributed by atoms with Crippen LogP contribution in [0, 0.1) is 6.92 Å². The number of carbonyl (C=O) groups excluding carboxylic acids is 2. The number of fused-ring (bicyclic) bond motifs is 1. The average molecular weight is 336 g/mol. The van der Waals surface area contributed by atoms with Gasteiger partial charge in [-0.05, 0) is 38.1 Å². The third kappa shape index (κ3) is 3.52. The van der Waals surface area contributed by atoms with Gasteiger partial charge in [-0.15, -0.1) is 0 Å².